The minimum Gasteiger partial charge on any atom is -0.232 e. The molecule has 0 saturated carbocycles. The van der Waals surface area contributed by atoms with E-state index in [1.165, 1.54) is 0 Å². The minimum atomic E-state index is 0.0493. The first-order valence-corrected chi connectivity index (χ1v) is 7.71. The molecule has 0 bridgehead atoms. The molecule has 0 amide bonds. The summed E-state index contributed by atoms with van der Waals surface area (Å²) in [5, 5.41) is 10.4. The molecule has 0 radical (unpaired) electrons. The van der Waals surface area contributed by atoms with E-state index in [0.717, 1.165) is 11.1 Å². The highest BCUT2D eigenvalue weighted by Crippen LogP contribution is 2.33. The molecule has 0 fully saturated rings. The molecule has 1 heterocycles. The number of rotatable bonds is 2. The zero-order valence-corrected chi connectivity index (χ0v) is 13.9. The summed E-state index contributed by atoms with van der Waals surface area (Å²) in [6, 6.07) is 16.3. The molecular weight excluding hydrogens is 353 g/mol. The molecule has 23 heavy (non-hydrogen) atoms. The van der Waals surface area contributed by atoms with Crippen LogP contribution in [-0.4, -0.2) is 9.97 Å². The van der Waals surface area contributed by atoms with Crippen LogP contribution in [0.4, 0.5) is 0 Å². The zero-order valence-electron chi connectivity index (χ0n) is 11.6. The number of nitrogens with zero attached hydrogens (tertiary/aromatic N) is 3. The lowest BCUT2D eigenvalue weighted by Crippen LogP contribution is -1.98. The van der Waals surface area contributed by atoms with Crippen LogP contribution in [0.2, 0.25) is 15.2 Å². The fourth-order valence-electron chi connectivity index (χ4n) is 2.16. The van der Waals surface area contributed by atoms with Crippen LogP contribution in [0.15, 0.2) is 48.5 Å². The molecule has 0 atom stereocenters. The Balaban J connectivity index is 2.30. The third-order valence-corrected chi connectivity index (χ3v) is 3.89. The van der Waals surface area contributed by atoms with Gasteiger partial charge in [-0.3, -0.25) is 0 Å². The van der Waals surface area contributed by atoms with E-state index in [4.69, 9.17) is 40.1 Å². The summed E-state index contributed by atoms with van der Waals surface area (Å²) in [7, 11) is 0. The third kappa shape index (κ3) is 3.30. The molecule has 0 unspecified atom stereocenters. The van der Waals surface area contributed by atoms with Crippen LogP contribution in [0, 0.1) is 11.3 Å². The third-order valence-electron chi connectivity index (χ3n) is 3.16. The molecule has 0 spiro atoms. The lowest BCUT2D eigenvalue weighted by Gasteiger charge is -2.10. The summed E-state index contributed by atoms with van der Waals surface area (Å²) < 4.78 is 0. The van der Waals surface area contributed by atoms with Crippen molar-refractivity contribution in [1.29, 1.82) is 5.26 Å². The summed E-state index contributed by atoms with van der Waals surface area (Å²) in [5.41, 5.74) is 2.63. The molecule has 0 aliphatic rings. The van der Waals surface area contributed by atoms with Crippen molar-refractivity contribution in [3.63, 3.8) is 0 Å². The summed E-state index contributed by atoms with van der Waals surface area (Å²) in [5.74, 6) is 0. The maximum Gasteiger partial charge on any atom is 0.178 e. The van der Waals surface area contributed by atoms with Crippen LogP contribution in [0.5, 0.6) is 0 Å². The van der Waals surface area contributed by atoms with Crippen molar-refractivity contribution in [2.45, 2.75) is 0 Å². The van der Waals surface area contributed by atoms with Crippen LogP contribution < -0.4 is 0 Å². The zero-order chi connectivity index (χ0) is 16.4. The van der Waals surface area contributed by atoms with Gasteiger partial charge in [-0.1, -0.05) is 59.1 Å². The van der Waals surface area contributed by atoms with Gasteiger partial charge in [0.25, 0.3) is 0 Å². The Hall–Kier alpha value is -2.12. The van der Waals surface area contributed by atoms with Gasteiger partial charge in [0.1, 0.15) is 6.07 Å². The predicted molar refractivity (Wildman–Crippen MR) is 92.6 cm³/mol. The SMILES string of the molecule is N#Cc1nc(-c2cccc(Cl)c2)c(-c2cccc(Cl)c2)nc1Cl. The largest absolute Gasteiger partial charge is 0.232 e. The van der Waals surface area contributed by atoms with Crippen LogP contribution in [0.3, 0.4) is 0 Å². The van der Waals surface area contributed by atoms with Gasteiger partial charge in [0.15, 0.2) is 10.8 Å². The van der Waals surface area contributed by atoms with Crippen LogP contribution in [-0.2, 0) is 0 Å². The highest BCUT2D eigenvalue weighted by atomic mass is 35.5. The van der Waals surface area contributed by atoms with E-state index >= 15 is 0 Å². The Morgan fingerprint density at radius 3 is 1.78 bits per heavy atom. The molecule has 0 N–H and O–H groups in total. The molecule has 1 aromatic heterocycles. The van der Waals surface area contributed by atoms with Gasteiger partial charge in [0, 0.05) is 21.2 Å². The first-order valence-electron chi connectivity index (χ1n) is 6.58. The number of hydrogen-bond acceptors (Lipinski definition) is 3. The fourth-order valence-corrected chi connectivity index (χ4v) is 2.71. The molecule has 3 nitrogen and oxygen atoms in total. The number of aromatic nitrogens is 2. The number of hydrogen-bond donors (Lipinski definition) is 0. The normalized spacial score (nSPS) is 10.3. The first kappa shape index (κ1) is 15.8. The smallest absolute Gasteiger partial charge is 0.178 e. The average Bonchev–Trinajstić information content (AvgIpc) is 2.54. The van der Waals surface area contributed by atoms with Crippen molar-refractivity contribution in [2.75, 3.05) is 0 Å². The standard InChI is InChI=1S/C17H8Cl3N3/c18-12-5-1-3-10(7-12)15-16(11-4-2-6-13(19)8-11)23-17(20)14(9-21)22-15/h1-8H. The van der Waals surface area contributed by atoms with Gasteiger partial charge < -0.3 is 0 Å². The van der Waals surface area contributed by atoms with Crippen LogP contribution >= 0.6 is 34.8 Å². The molecule has 0 aliphatic carbocycles. The van der Waals surface area contributed by atoms with Gasteiger partial charge >= 0.3 is 0 Å². The Morgan fingerprint density at radius 2 is 1.30 bits per heavy atom. The topological polar surface area (TPSA) is 49.6 Å². The van der Waals surface area contributed by atoms with Crippen molar-refractivity contribution in [1.82, 2.24) is 9.97 Å². The Bertz CT molecular complexity index is 933. The summed E-state index contributed by atoms with van der Waals surface area (Å²) in [6.45, 7) is 0. The van der Waals surface area contributed by atoms with E-state index in [9.17, 15) is 0 Å². The number of halogens is 3. The average molecular weight is 361 g/mol. The van der Waals surface area contributed by atoms with E-state index in [1.807, 2.05) is 30.3 Å². The Morgan fingerprint density at radius 1 is 0.783 bits per heavy atom. The summed E-state index contributed by atoms with van der Waals surface area (Å²) >= 11 is 18.2. The Labute approximate surface area is 148 Å². The maximum atomic E-state index is 9.17. The number of nitriles is 1. The minimum absolute atomic E-state index is 0.0493. The summed E-state index contributed by atoms with van der Waals surface area (Å²) in [6.07, 6.45) is 0. The van der Waals surface area contributed by atoms with E-state index in [1.54, 1.807) is 24.3 Å². The molecular formula is C17H8Cl3N3. The molecule has 6 heteroatoms. The van der Waals surface area contributed by atoms with Gasteiger partial charge in [-0.2, -0.15) is 5.26 Å². The molecule has 2 aromatic carbocycles. The number of benzene rings is 2. The molecule has 0 saturated heterocycles. The maximum absolute atomic E-state index is 9.17. The molecule has 3 rings (SSSR count). The monoisotopic (exact) mass is 359 g/mol. The van der Waals surface area contributed by atoms with E-state index in [-0.39, 0.29) is 10.8 Å². The predicted octanol–water partition coefficient (Wildman–Crippen LogP) is 5.64. The van der Waals surface area contributed by atoms with E-state index in [2.05, 4.69) is 9.97 Å². The lowest BCUT2D eigenvalue weighted by molar-refractivity contribution is 1.17. The van der Waals surface area contributed by atoms with Gasteiger partial charge in [-0.15, -0.1) is 0 Å². The van der Waals surface area contributed by atoms with Crippen molar-refractivity contribution in [3.05, 3.63) is 69.4 Å². The van der Waals surface area contributed by atoms with E-state index < -0.39 is 0 Å². The lowest BCUT2D eigenvalue weighted by atomic mass is 10.0. The molecule has 112 valence electrons. The van der Waals surface area contributed by atoms with E-state index in [0.29, 0.717) is 21.4 Å². The van der Waals surface area contributed by atoms with Crippen molar-refractivity contribution in [2.24, 2.45) is 0 Å². The van der Waals surface area contributed by atoms with Crippen molar-refractivity contribution >= 4 is 34.8 Å². The van der Waals surface area contributed by atoms with Crippen molar-refractivity contribution < 1.29 is 0 Å². The van der Waals surface area contributed by atoms with Gasteiger partial charge in [-0.05, 0) is 24.3 Å². The second-order valence-corrected chi connectivity index (χ2v) is 5.92. The van der Waals surface area contributed by atoms with Crippen LogP contribution in [0.1, 0.15) is 5.69 Å². The second kappa shape index (κ2) is 6.55. The first-order chi connectivity index (χ1) is 11.1. The van der Waals surface area contributed by atoms with Crippen LogP contribution in [0.25, 0.3) is 22.5 Å². The van der Waals surface area contributed by atoms with Crippen molar-refractivity contribution in [3.8, 4) is 28.6 Å². The highest BCUT2D eigenvalue weighted by Gasteiger charge is 2.16. The van der Waals surface area contributed by atoms with Gasteiger partial charge in [-0.25, -0.2) is 9.97 Å². The molecule has 0 aliphatic heterocycles. The molecule has 3 aromatic rings. The highest BCUT2D eigenvalue weighted by molar-refractivity contribution is 6.31. The Kier molecular flexibility index (Phi) is 4.49. The summed E-state index contributed by atoms with van der Waals surface area (Å²) in [4.78, 5) is 8.69. The second-order valence-electron chi connectivity index (χ2n) is 4.69. The van der Waals surface area contributed by atoms with Gasteiger partial charge in [0.2, 0.25) is 0 Å². The fraction of sp³-hybridized carbons (Fsp3) is 0. The van der Waals surface area contributed by atoms with Gasteiger partial charge in [0.05, 0.1) is 11.4 Å². The quantitative estimate of drug-likeness (QED) is 0.594.